The molecule has 1 atom stereocenters. The van der Waals surface area contributed by atoms with Crippen LogP contribution in [0.15, 0.2) is 22.8 Å². The zero-order valence-corrected chi connectivity index (χ0v) is 11.1. The lowest BCUT2D eigenvalue weighted by Crippen LogP contribution is -2.51. The lowest BCUT2D eigenvalue weighted by atomic mass is 9.90. The molecule has 3 nitrogen and oxygen atoms in total. The van der Waals surface area contributed by atoms with Crippen LogP contribution in [0.25, 0.3) is 0 Å². The minimum absolute atomic E-state index is 0.0378. The largest absolute Gasteiger partial charge is 0.468 e. The third kappa shape index (κ3) is 2.47. The summed E-state index contributed by atoms with van der Waals surface area (Å²) >= 11 is 0. The topological polar surface area (TPSA) is 28.4 Å². The zero-order chi connectivity index (χ0) is 12.2. The molecule has 3 heteroatoms. The first-order valence-corrected chi connectivity index (χ1v) is 6.03. The van der Waals surface area contributed by atoms with Crippen LogP contribution < -0.4 is 5.32 Å². The normalized spacial score (nSPS) is 14.4. The van der Waals surface area contributed by atoms with Crippen LogP contribution in [0.5, 0.6) is 0 Å². The fourth-order valence-corrected chi connectivity index (χ4v) is 2.52. The van der Waals surface area contributed by atoms with Crippen LogP contribution in [0.3, 0.4) is 0 Å². The molecule has 0 aliphatic carbocycles. The van der Waals surface area contributed by atoms with Gasteiger partial charge in [0.25, 0.3) is 0 Å². The Morgan fingerprint density at radius 2 is 2.00 bits per heavy atom. The highest BCUT2D eigenvalue weighted by molar-refractivity contribution is 5.11. The van der Waals surface area contributed by atoms with Crippen molar-refractivity contribution in [1.82, 2.24) is 10.2 Å². The van der Waals surface area contributed by atoms with E-state index in [-0.39, 0.29) is 11.6 Å². The van der Waals surface area contributed by atoms with Crippen molar-refractivity contribution in [2.75, 3.05) is 20.1 Å². The van der Waals surface area contributed by atoms with Crippen molar-refractivity contribution in [1.29, 1.82) is 0 Å². The number of nitrogens with one attached hydrogen (secondary N) is 1. The molecule has 0 spiro atoms. The van der Waals surface area contributed by atoms with E-state index in [0.717, 1.165) is 18.8 Å². The van der Waals surface area contributed by atoms with Crippen LogP contribution in [0.2, 0.25) is 0 Å². The Bertz CT molecular complexity index is 289. The first kappa shape index (κ1) is 13.3. The maximum Gasteiger partial charge on any atom is 0.122 e. The number of hydrogen-bond acceptors (Lipinski definition) is 3. The maximum absolute atomic E-state index is 5.52. The van der Waals surface area contributed by atoms with Crippen molar-refractivity contribution in [2.45, 2.75) is 39.3 Å². The third-order valence-electron chi connectivity index (χ3n) is 3.40. The van der Waals surface area contributed by atoms with Crippen molar-refractivity contribution in [3.05, 3.63) is 24.2 Å². The number of rotatable bonds is 6. The lowest BCUT2D eigenvalue weighted by Gasteiger charge is -2.42. The van der Waals surface area contributed by atoms with Crippen molar-refractivity contribution in [3.8, 4) is 0 Å². The van der Waals surface area contributed by atoms with Gasteiger partial charge in [-0.2, -0.15) is 0 Å². The van der Waals surface area contributed by atoms with Crippen molar-refractivity contribution >= 4 is 0 Å². The molecular formula is C13H24N2O. The monoisotopic (exact) mass is 224 g/mol. The van der Waals surface area contributed by atoms with E-state index >= 15 is 0 Å². The Morgan fingerprint density at radius 3 is 2.38 bits per heavy atom. The van der Waals surface area contributed by atoms with Crippen molar-refractivity contribution < 1.29 is 4.42 Å². The second-order valence-electron chi connectivity index (χ2n) is 4.56. The minimum atomic E-state index is 0.0378. The van der Waals surface area contributed by atoms with Gasteiger partial charge in [-0.15, -0.1) is 0 Å². The minimum Gasteiger partial charge on any atom is -0.468 e. The van der Waals surface area contributed by atoms with E-state index in [4.69, 9.17) is 4.42 Å². The molecule has 0 aromatic carbocycles. The van der Waals surface area contributed by atoms with Gasteiger partial charge >= 0.3 is 0 Å². The first-order chi connectivity index (χ1) is 7.57. The van der Waals surface area contributed by atoms with Gasteiger partial charge in [0.05, 0.1) is 12.3 Å². The van der Waals surface area contributed by atoms with Gasteiger partial charge < -0.3 is 9.73 Å². The fraction of sp³-hybridized carbons (Fsp3) is 0.692. The first-order valence-electron chi connectivity index (χ1n) is 6.03. The van der Waals surface area contributed by atoms with Crippen molar-refractivity contribution in [3.63, 3.8) is 0 Å². The predicted octanol–water partition coefficient (Wildman–Crippen LogP) is 2.66. The van der Waals surface area contributed by atoms with E-state index in [1.54, 1.807) is 6.26 Å². The molecule has 1 rings (SSSR count). The highest BCUT2D eigenvalue weighted by Gasteiger charge is 2.35. The molecule has 92 valence electrons. The van der Waals surface area contributed by atoms with Crippen LogP contribution in [-0.4, -0.2) is 30.6 Å². The van der Waals surface area contributed by atoms with E-state index in [1.165, 1.54) is 0 Å². The molecule has 0 aliphatic heterocycles. The standard InChI is InChI=1S/C13H24N2O/c1-6-15(7-2)13(3,4)12(14-5)11-9-8-10-16-11/h8-10,12,14H,6-7H2,1-5H3. The Hall–Kier alpha value is -0.800. The number of nitrogens with zero attached hydrogens (tertiary/aromatic N) is 1. The van der Waals surface area contributed by atoms with E-state index in [9.17, 15) is 0 Å². The van der Waals surface area contributed by atoms with Crippen LogP contribution in [0.1, 0.15) is 39.5 Å². The molecule has 1 aromatic rings. The molecule has 16 heavy (non-hydrogen) atoms. The fourth-order valence-electron chi connectivity index (χ4n) is 2.52. The highest BCUT2D eigenvalue weighted by atomic mass is 16.3. The Labute approximate surface area is 98.8 Å². The average Bonchev–Trinajstić information content (AvgIpc) is 2.73. The van der Waals surface area contributed by atoms with Gasteiger partial charge in [0, 0.05) is 5.54 Å². The predicted molar refractivity (Wildman–Crippen MR) is 67.5 cm³/mol. The SMILES string of the molecule is CCN(CC)C(C)(C)C(NC)c1ccco1. The lowest BCUT2D eigenvalue weighted by molar-refractivity contribution is 0.0853. The average molecular weight is 224 g/mol. The summed E-state index contributed by atoms with van der Waals surface area (Å²) in [5, 5.41) is 3.36. The molecule has 1 unspecified atom stereocenters. The summed E-state index contributed by atoms with van der Waals surface area (Å²) in [7, 11) is 1.98. The summed E-state index contributed by atoms with van der Waals surface area (Å²) in [5.41, 5.74) is 0.0378. The molecule has 0 fully saturated rings. The Morgan fingerprint density at radius 1 is 1.38 bits per heavy atom. The molecule has 0 saturated heterocycles. The number of likely N-dealkylation sites (N-methyl/N-ethyl adjacent to an activating group) is 2. The molecule has 0 aliphatic rings. The Balaban J connectivity index is 2.94. The molecule has 0 radical (unpaired) electrons. The molecular weight excluding hydrogens is 200 g/mol. The molecule has 1 aromatic heterocycles. The molecule has 1 heterocycles. The van der Waals surface area contributed by atoms with Crippen LogP contribution in [-0.2, 0) is 0 Å². The summed E-state index contributed by atoms with van der Waals surface area (Å²) in [6, 6.07) is 4.19. The summed E-state index contributed by atoms with van der Waals surface area (Å²) in [4.78, 5) is 2.44. The summed E-state index contributed by atoms with van der Waals surface area (Å²) in [5.74, 6) is 0.999. The third-order valence-corrected chi connectivity index (χ3v) is 3.40. The van der Waals surface area contributed by atoms with E-state index in [0.29, 0.717) is 0 Å². The summed E-state index contributed by atoms with van der Waals surface area (Å²) < 4.78 is 5.52. The zero-order valence-electron chi connectivity index (χ0n) is 11.1. The second kappa shape index (κ2) is 5.51. The summed E-state index contributed by atoms with van der Waals surface area (Å²) in [6.45, 7) is 11.0. The van der Waals surface area contributed by atoms with E-state index < -0.39 is 0 Å². The molecule has 0 bridgehead atoms. The highest BCUT2D eigenvalue weighted by Crippen LogP contribution is 2.30. The van der Waals surface area contributed by atoms with Gasteiger partial charge in [0.1, 0.15) is 5.76 Å². The number of hydrogen-bond donors (Lipinski definition) is 1. The van der Waals surface area contributed by atoms with Crippen molar-refractivity contribution in [2.24, 2.45) is 0 Å². The maximum atomic E-state index is 5.52. The second-order valence-corrected chi connectivity index (χ2v) is 4.56. The smallest absolute Gasteiger partial charge is 0.122 e. The molecule has 0 saturated carbocycles. The quantitative estimate of drug-likeness (QED) is 0.805. The molecule has 1 N–H and O–H groups in total. The number of furan rings is 1. The van der Waals surface area contributed by atoms with Gasteiger partial charge in [-0.3, -0.25) is 4.90 Å². The van der Waals surface area contributed by atoms with Gasteiger partial charge in [-0.05, 0) is 46.1 Å². The van der Waals surface area contributed by atoms with Gasteiger partial charge in [-0.1, -0.05) is 13.8 Å². The van der Waals surface area contributed by atoms with E-state index in [2.05, 4.69) is 37.9 Å². The van der Waals surface area contributed by atoms with Crippen LogP contribution in [0, 0.1) is 0 Å². The van der Waals surface area contributed by atoms with E-state index in [1.807, 2.05) is 19.2 Å². The van der Waals surface area contributed by atoms with Gasteiger partial charge in [0.2, 0.25) is 0 Å². The van der Waals surface area contributed by atoms with Gasteiger partial charge in [-0.25, -0.2) is 0 Å². The Kier molecular flexibility index (Phi) is 4.56. The summed E-state index contributed by atoms with van der Waals surface area (Å²) in [6.07, 6.45) is 1.73. The molecule has 0 amide bonds. The van der Waals surface area contributed by atoms with Gasteiger partial charge in [0.15, 0.2) is 0 Å². The van der Waals surface area contributed by atoms with Crippen LogP contribution in [0.4, 0.5) is 0 Å². The van der Waals surface area contributed by atoms with Crippen LogP contribution >= 0.6 is 0 Å².